The van der Waals surface area contributed by atoms with Gasteiger partial charge in [-0.3, -0.25) is 0 Å². The van der Waals surface area contributed by atoms with Crippen LogP contribution in [-0.2, 0) is 6.54 Å². The highest BCUT2D eigenvalue weighted by atomic mass is 19.3. The van der Waals surface area contributed by atoms with Gasteiger partial charge in [-0.2, -0.15) is 4.39 Å². The van der Waals surface area contributed by atoms with E-state index in [2.05, 4.69) is 4.98 Å². The highest BCUT2D eigenvalue weighted by molar-refractivity contribution is 5.32. The van der Waals surface area contributed by atoms with Gasteiger partial charge in [-0.05, 0) is 6.07 Å². The van der Waals surface area contributed by atoms with Crippen LogP contribution in [0.25, 0.3) is 0 Å². The van der Waals surface area contributed by atoms with Gasteiger partial charge in [0.25, 0.3) is 12.4 Å². The van der Waals surface area contributed by atoms with Crippen LogP contribution in [0.2, 0.25) is 0 Å². The van der Waals surface area contributed by atoms with Crippen molar-refractivity contribution in [2.45, 2.75) is 13.0 Å². The van der Waals surface area contributed by atoms with Gasteiger partial charge in [0.15, 0.2) is 5.75 Å². The monoisotopic (exact) mass is 192 g/mol. The molecule has 0 aliphatic heterocycles. The van der Waals surface area contributed by atoms with Crippen LogP contribution in [0.5, 0.6) is 5.75 Å². The van der Waals surface area contributed by atoms with E-state index in [0.717, 1.165) is 6.07 Å². The second kappa shape index (κ2) is 3.61. The molecule has 0 aliphatic rings. The fourth-order valence-electron chi connectivity index (χ4n) is 0.845. The summed E-state index contributed by atoms with van der Waals surface area (Å²) in [5.41, 5.74) is 4.28. The molecule has 3 N–H and O–H groups in total. The summed E-state index contributed by atoms with van der Waals surface area (Å²) in [5.74, 6) is -2.09. The highest BCUT2D eigenvalue weighted by Gasteiger charge is 2.15. The summed E-state index contributed by atoms with van der Waals surface area (Å²) in [7, 11) is 0. The van der Waals surface area contributed by atoms with Crippen molar-refractivity contribution >= 4 is 0 Å². The van der Waals surface area contributed by atoms with Gasteiger partial charge in [0.05, 0.1) is 0 Å². The molecule has 0 radical (unpaired) electrons. The molecule has 0 aromatic carbocycles. The standard InChI is InChI=1S/C7H7F3N2O/c8-6(9)4-1-3(2-11)5(13)7(10)12-4/h1,6,13H,2,11H2. The number of hydrogen-bond donors (Lipinski definition) is 2. The first-order valence-corrected chi connectivity index (χ1v) is 3.42. The summed E-state index contributed by atoms with van der Waals surface area (Å²) in [4.78, 5) is 2.86. The number of pyridine rings is 1. The van der Waals surface area contributed by atoms with Gasteiger partial charge in [0, 0.05) is 12.1 Å². The van der Waals surface area contributed by atoms with Crippen molar-refractivity contribution in [1.82, 2.24) is 4.98 Å². The molecular formula is C7H7F3N2O. The predicted molar refractivity (Wildman–Crippen MR) is 38.7 cm³/mol. The third kappa shape index (κ3) is 1.89. The minimum atomic E-state index is -2.87. The Bertz CT molecular complexity index is 317. The summed E-state index contributed by atoms with van der Waals surface area (Å²) in [6.45, 7) is -0.217. The molecule has 0 unspecified atom stereocenters. The van der Waals surface area contributed by atoms with Crippen LogP contribution >= 0.6 is 0 Å². The lowest BCUT2D eigenvalue weighted by Crippen LogP contribution is -2.02. The third-order valence-corrected chi connectivity index (χ3v) is 1.49. The Morgan fingerprint density at radius 1 is 1.54 bits per heavy atom. The van der Waals surface area contributed by atoms with Crippen molar-refractivity contribution in [2.75, 3.05) is 0 Å². The molecular weight excluding hydrogens is 185 g/mol. The lowest BCUT2D eigenvalue weighted by Gasteiger charge is -2.05. The van der Waals surface area contributed by atoms with E-state index in [4.69, 9.17) is 10.8 Å². The normalized spacial score (nSPS) is 10.8. The fourth-order valence-corrected chi connectivity index (χ4v) is 0.845. The zero-order chi connectivity index (χ0) is 10.0. The second-order valence-electron chi connectivity index (χ2n) is 2.35. The number of halogens is 3. The molecule has 6 heteroatoms. The molecule has 1 rings (SSSR count). The van der Waals surface area contributed by atoms with Crippen LogP contribution in [0.3, 0.4) is 0 Å². The van der Waals surface area contributed by atoms with Crippen molar-refractivity contribution in [3.63, 3.8) is 0 Å². The zero-order valence-electron chi connectivity index (χ0n) is 6.47. The Kier molecular flexibility index (Phi) is 2.72. The SMILES string of the molecule is NCc1cc(C(F)F)nc(F)c1O. The minimum absolute atomic E-state index is 0.0807. The Hall–Kier alpha value is -1.30. The number of nitrogens with two attached hydrogens (primary N) is 1. The van der Waals surface area contributed by atoms with Crippen LogP contribution in [-0.4, -0.2) is 10.1 Å². The minimum Gasteiger partial charge on any atom is -0.503 e. The molecule has 72 valence electrons. The van der Waals surface area contributed by atoms with Crippen molar-refractivity contribution < 1.29 is 18.3 Å². The van der Waals surface area contributed by atoms with Crippen LogP contribution in [0.1, 0.15) is 17.7 Å². The number of aromatic hydroxyl groups is 1. The molecule has 1 aromatic heterocycles. The Labute approximate surface area is 72.0 Å². The van der Waals surface area contributed by atoms with Gasteiger partial charge >= 0.3 is 0 Å². The molecule has 0 amide bonds. The van der Waals surface area contributed by atoms with E-state index >= 15 is 0 Å². The van der Waals surface area contributed by atoms with Crippen LogP contribution in [0.15, 0.2) is 6.07 Å². The summed E-state index contributed by atoms with van der Waals surface area (Å²) >= 11 is 0. The summed E-state index contributed by atoms with van der Waals surface area (Å²) in [6.07, 6.45) is -2.87. The largest absolute Gasteiger partial charge is 0.503 e. The molecule has 0 saturated heterocycles. The van der Waals surface area contributed by atoms with E-state index in [1.54, 1.807) is 0 Å². The Balaban J connectivity index is 3.22. The molecule has 13 heavy (non-hydrogen) atoms. The molecule has 0 spiro atoms. The predicted octanol–water partition coefficient (Wildman–Crippen LogP) is 1.32. The first-order valence-electron chi connectivity index (χ1n) is 3.42. The zero-order valence-corrected chi connectivity index (χ0v) is 6.47. The fraction of sp³-hybridized carbons (Fsp3) is 0.286. The molecule has 0 saturated carbocycles. The summed E-state index contributed by atoms with van der Waals surface area (Å²) < 4.78 is 36.7. The molecule has 0 fully saturated rings. The van der Waals surface area contributed by atoms with Crippen molar-refractivity contribution in [3.8, 4) is 5.75 Å². The second-order valence-corrected chi connectivity index (χ2v) is 2.35. The topological polar surface area (TPSA) is 59.1 Å². The van der Waals surface area contributed by atoms with E-state index in [1.165, 1.54) is 0 Å². The molecule has 0 atom stereocenters. The van der Waals surface area contributed by atoms with Crippen LogP contribution in [0, 0.1) is 5.95 Å². The average molecular weight is 192 g/mol. The first kappa shape index (κ1) is 9.79. The van der Waals surface area contributed by atoms with E-state index in [1.807, 2.05) is 0 Å². The van der Waals surface area contributed by atoms with E-state index in [0.29, 0.717) is 0 Å². The maximum Gasteiger partial charge on any atom is 0.280 e. The molecule has 0 bridgehead atoms. The Morgan fingerprint density at radius 2 is 2.15 bits per heavy atom. The number of rotatable bonds is 2. The molecule has 1 aromatic rings. The van der Waals surface area contributed by atoms with Crippen molar-refractivity contribution in [3.05, 3.63) is 23.3 Å². The number of nitrogens with zero attached hydrogens (tertiary/aromatic N) is 1. The first-order chi connectivity index (χ1) is 6.06. The van der Waals surface area contributed by atoms with Crippen molar-refractivity contribution in [1.29, 1.82) is 0 Å². The Morgan fingerprint density at radius 3 is 2.62 bits per heavy atom. The smallest absolute Gasteiger partial charge is 0.280 e. The van der Waals surface area contributed by atoms with Crippen LogP contribution in [0.4, 0.5) is 13.2 Å². The molecule has 3 nitrogen and oxygen atoms in total. The quantitative estimate of drug-likeness (QED) is 0.695. The van der Waals surface area contributed by atoms with Crippen molar-refractivity contribution in [2.24, 2.45) is 5.73 Å². The van der Waals surface area contributed by atoms with Gasteiger partial charge < -0.3 is 10.8 Å². The number of hydrogen-bond acceptors (Lipinski definition) is 3. The van der Waals surface area contributed by atoms with Gasteiger partial charge in [0.2, 0.25) is 0 Å². The maximum absolute atomic E-state index is 12.6. The summed E-state index contributed by atoms with van der Waals surface area (Å²) in [6, 6.07) is 0.878. The van der Waals surface area contributed by atoms with E-state index in [-0.39, 0.29) is 12.1 Å². The third-order valence-electron chi connectivity index (χ3n) is 1.49. The number of alkyl halides is 2. The van der Waals surface area contributed by atoms with Gasteiger partial charge in [-0.25, -0.2) is 13.8 Å². The maximum atomic E-state index is 12.6. The molecule has 1 heterocycles. The average Bonchev–Trinajstić information content (AvgIpc) is 2.09. The van der Waals surface area contributed by atoms with Gasteiger partial charge in [0.1, 0.15) is 5.69 Å². The van der Waals surface area contributed by atoms with E-state index < -0.39 is 23.8 Å². The van der Waals surface area contributed by atoms with Gasteiger partial charge in [-0.15, -0.1) is 0 Å². The van der Waals surface area contributed by atoms with Gasteiger partial charge in [-0.1, -0.05) is 0 Å². The van der Waals surface area contributed by atoms with Crippen LogP contribution < -0.4 is 5.73 Å². The lowest BCUT2D eigenvalue weighted by molar-refractivity contribution is 0.144. The number of aromatic nitrogens is 1. The van der Waals surface area contributed by atoms with E-state index in [9.17, 15) is 13.2 Å². The molecule has 0 aliphatic carbocycles. The highest BCUT2D eigenvalue weighted by Crippen LogP contribution is 2.24. The lowest BCUT2D eigenvalue weighted by atomic mass is 10.2. The summed E-state index contributed by atoms with van der Waals surface area (Å²) in [5, 5.41) is 8.94.